The zero-order valence-corrected chi connectivity index (χ0v) is 15.4. The van der Waals surface area contributed by atoms with Gasteiger partial charge in [0.05, 0.1) is 18.3 Å². The summed E-state index contributed by atoms with van der Waals surface area (Å²) >= 11 is 0. The van der Waals surface area contributed by atoms with Crippen molar-refractivity contribution < 1.29 is 4.79 Å². The van der Waals surface area contributed by atoms with Crippen LogP contribution in [0.15, 0.2) is 16.9 Å². The smallest absolute Gasteiger partial charge is 0.274 e. The van der Waals surface area contributed by atoms with Crippen molar-refractivity contribution in [1.82, 2.24) is 24.5 Å². The van der Waals surface area contributed by atoms with E-state index in [9.17, 15) is 9.59 Å². The molecule has 0 saturated carbocycles. The molecule has 3 heterocycles. The monoisotopic (exact) mass is 355 g/mol. The first-order valence-electron chi connectivity index (χ1n) is 9.44. The predicted molar refractivity (Wildman–Crippen MR) is 97.1 cm³/mol. The molecule has 2 aromatic heterocycles. The number of amides is 1. The number of rotatable bonds is 3. The molecule has 1 aliphatic heterocycles. The molecule has 0 aromatic carbocycles. The Morgan fingerprint density at radius 3 is 2.77 bits per heavy atom. The van der Waals surface area contributed by atoms with Gasteiger partial charge in [-0.2, -0.15) is 10.2 Å². The van der Waals surface area contributed by atoms with Crippen molar-refractivity contribution in [3.8, 4) is 0 Å². The van der Waals surface area contributed by atoms with Crippen LogP contribution >= 0.6 is 0 Å². The Kier molecular flexibility index (Phi) is 4.38. The van der Waals surface area contributed by atoms with E-state index in [1.165, 1.54) is 0 Å². The molecule has 1 unspecified atom stereocenters. The minimum absolute atomic E-state index is 0.00310. The Morgan fingerprint density at radius 1 is 1.19 bits per heavy atom. The SMILES string of the molecule is Cc1cc(C(=O)N2CCCC2Cn2nc3c(cc2=O)CCCC3)nn1C. The average molecular weight is 355 g/mol. The van der Waals surface area contributed by atoms with Gasteiger partial charge in [-0.1, -0.05) is 0 Å². The first-order valence-corrected chi connectivity index (χ1v) is 9.44. The molecule has 138 valence electrons. The number of hydrogen-bond donors (Lipinski definition) is 0. The van der Waals surface area contributed by atoms with E-state index in [1.54, 1.807) is 15.4 Å². The normalized spacial score (nSPS) is 19.6. The summed E-state index contributed by atoms with van der Waals surface area (Å²) < 4.78 is 3.28. The van der Waals surface area contributed by atoms with E-state index in [0.717, 1.165) is 55.5 Å². The highest BCUT2D eigenvalue weighted by Crippen LogP contribution is 2.22. The lowest BCUT2D eigenvalue weighted by molar-refractivity contribution is 0.0713. The van der Waals surface area contributed by atoms with Crippen LogP contribution in [0.2, 0.25) is 0 Å². The quantitative estimate of drug-likeness (QED) is 0.836. The Bertz CT molecular complexity index is 878. The number of hydrogen-bond acceptors (Lipinski definition) is 4. The van der Waals surface area contributed by atoms with Gasteiger partial charge >= 0.3 is 0 Å². The van der Waals surface area contributed by atoms with E-state index in [-0.39, 0.29) is 17.5 Å². The molecule has 0 N–H and O–H groups in total. The van der Waals surface area contributed by atoms with E-state index in [2.05, 4.69) is 10.2 Å². The van der Waals surface area contributed by atoms with E-state index in [4.69, 9.17) is 0 Å². The minimum atomic E-state index is -0.0568. The van der Waals surface area contributed by atoms with Gasteiger partial charge in [0.25, 0.3) is 11.5 Å². The summed E-state index contributed by atoms with van der Waals surface area (Å²) in [5.74, 6) is -0.0535. The van der Waals surface area contributed by atoms with Gasteiger partial charge in [-0.05, 0) is 57.1 Å². The van der Waals surface area contributed by atoms with E-state index >= 15 is 0 Å². The fourth-order valence-electron chi connectivity index (χ4n) is 4.04. The first kappa shape index (κ1) is 17.0. The molecule has 1 atom stereocenters. The number of carbonyl (C=O) groups excluding carboxylic acids is 1. The van der Waals surface area contributed by atoms with Gasteiger partial charge in [0, 0.05) is 25.4 Å². The van der Waals surface area contributed by atoms with Crippen molar-refractivity contribution in [1.29, 1.82) is 0 Å². The highest BCUT2D eigenvalue weighted by atomic mass is 16.2. The molecule has 1 amide bonds. The van der Waals surface area contributed by atoms with Crippen LogP contribution in [0.4, 0.5) is 0 Å². The average Bonchev–Trinajstić information content (AvgIpc) is 3.22. The maximum Gasteiger partial charge on any atom is 0.274 e. The number of fused-ring (bicyclic) bond motifs is 1. The van der Waals surface area contributed by atoms with Crippen molar-refractivity contribution in [2.24, 2.45) is 7.05 Å². The fourth-order valence-corrected chi connectivity index (χ4v) is 4.04. The molecule has 7 nitrogen and oxygen atoms in total. The fraction of sp³-hybridized carbons (Fsp3) is 0.579. The molecular formula is C19H25N5O2. The highest BCUT2D eigenvalue weighted by molar-refractivity contribution is 5.92. The number of aromatic nitrogens is 4. The van der Waals surface area contributed by atoms with Crippen molar-refractivity contribution in [2.75, 3.05) is 6.54 Å². The van der Waals surface area contributed by atoms with Crippen LogP contribution in [0, 0.1) is 6.92 Å². The Balaban J connectivity index is 1.56. The summed E-state index contributed by atoms with van der Waals surface area (Å²) in [6, 6.07) is 3.56. The molecule has 0 spiro atoms. The summed E-state index contributed by atoms with van der Waals surface area (Å²) in [6.07, 6.45) is 5.99. The van der Waals surface area contributed by atoms with Gasteiger partial charge in [-0.3, -0.25) is 14.3 Å². The van der Waals surface area contributed by atoms with Crippen LogP contribution in [0.25, 0.3) is 0 Å². The molecule has 7 heteroatoms. The third-order valence-corrected chi connectivity index (χ3v) is 5.63. The minimum Gasteiger partial charge on any atom is -0.332 e. The second kappa shape index (κ2) is 6.70. The van der Waals surface area contributed by atoms with Gasteiger partial charge in [0.1, 0.15) is 0 Å². The molecule has 4 rings (SSSR count). The predicted octanol–water partition coefficient (Wildman–Crippen LogP) is 1.47. The van der Waals surface area contributed by atoms with Crippen LogP contribution in [-0.4, -0.2) is 43.0 Å². The van der Waals surface area contributed by atoms with Crippen LogP contribution in [-0.2, 0) is 26.4 Å². The first-order chi connectivity index (χ1) is 12.5. The molecule has 0 radical (unpaired) electrons. The zero-order chi connectivity index (χ0) is 18.3. The molecular weight excluding hydrogens is 330 g/mol. The summed E-state index contributed by atoms with van der Waals surface area (Å²) in [7, 11) is 1.84. The van der Waals surface area contributed by atoms with E-state index in [1.807, 2.05) is 24.9 Å². The second-order valence-corrected chi connectivity index (χ2v) is 7.43. The Hall–Kier alpha value is -2.44. The highest BCUT2D eigenvalue weighted by Gasteiger charge is 2.31. The van der Waals surface area contributed by atoms with Gasteiger partial charge in [0.2, 0.25) is 0 Å². The summed E-state index contributed by atoms with van der Waals surface area (Å²) in [5.41, 5.74) is 3.52. The molecule has 2 aliphatic rings. The molecule has 1 fully saturated rings. The zero-order valence-electron chi connectivity index (χ0n) is 15.4. The van der Waals surface area contributed by atoms with Gasteiger partial charge in [0.15, 0.2) is 5.69 Å². The Morgan fingerprint density at radius 2 is 2.00 bits per heavy atom. The van der Waals surface area contributed by atoms with Gasteiger partial charge < -0.3 is 4.90 Å². The topological polar surface area (TPSA) is 73.0 Å². The molecule has 2 aromatic rings. The molecule has 1 saturated heterocycles. The van der Waals surface area contributed by atoms with Crippen molar-refractivity contribution in [3.63, 3.8) is 0 Å². The van der Waals surface area contributed by atoms with Gasteiger partial charge in [-0.25, -0.2) is 4.68 Å². The number of carbonyl (C=O) groups is 1. The maximum absolute atomic E-state index is 12.9. The largest absolute Gasteiger partial charge is 0.332 e. The van der Waals surface area contributed by atoms with Crippen molar-refractivity contribution in [3.05, 3.63) is 45.1 Å². The lowest BCUT2D eigenvalue weighted by Crippen LogP contribution is -2.41. The van der Waals surface area contributed by atoms with Crippen LogP contribution in [0.1, 0.15) is 53.1 Å². The third-order valence-electron chi connectivity index (χ3n) is 5.63. The van der Waals surface area contributed by atoms with E-state index < -0.39 is 0 Å². The number of likely N-dealkylation sites (tertiary alicyclic amines) is 1. The molecule has 0 bridgehead atoms. The Labute approximate surface area is 152 Å². The van der Waals surface area contributed by atoms with Crippen LogP contribution in [0.3, 0.4) is 0 Å². The van der Waals surface area contributed by atoms with Crippen LogP contribution in [0.5, 0.6) is 0 Å². The summed E-state index contributed by atoms with van der Waals surface area (Å²) in [5, 5.41) is 8.92. The molecule has 26 heavy (non-hydrogen) atoms. The van der Waals surface area contributed by atoms with Crippen molar-refractivity contribution >= 4 is 5.91 Å². The lowest BCUT2D eigenvalue weighted by atomic mass is 9.97. The number of nitrogens with zero attached hydrogens (tertiary/aromatic N) is 5. The van der Waals surface area contributed by atoms with E-state index in [0.29, 0.717) is 18.8 Å². The number of aryl methyl sites for hydroxylation is 4. The summed E-state index contributed by atoms with van der Waals surface area (Å²) in [4.78, 5) is 27.2. The van der Waals surface area contributed by atoms with Gasteiger partial charge in [-0.15, -0.1) is 0 Å². The summed E-state index contributed by atoms with van der Waals surface area (Å²) in [6.45, 7) is 3.10. The third kappa shape index (κ3) is 3.06. The second-order valence-electron chi connectivity index (χ2n) is 7.43. The standard InChI is InChI=1S/C19H25N5O2/c1-13-10-17(20-22(13)2)19(26)23-9-5-7-15(23)12-24-18(25)11-14-6-3-4-8-16(14)21-24/h10-11,15H,3-9,12H2,1-2H3. The van der Waals surface area contributed by atoms with Crippen LogP contribution < -0.4 is 5.56 Å². The maximum atomic E-state index is 12.9. The lowest BCUT2D eigenvalue weighted by Gasteiger charge is -2.25. The molecule has 1 aliphatic carbocycles. The van der Waals surface area contributed by atoms with Crippen molar-refractivity contribution in [2.45, 2.75) is 58.0 Å².